The van der Waals surface area contributed by atoms with Gasteiger partial charge in [-0.05, 0) is 48.7 Å². The Bertz CT molecular complexity index is 1170. The van der Waals surface area contributed by atoms with Crippen LogP contribution in [0.5, 0.6) is 5.75 Å². The topological polar surface area (TPSA) is 94.5 Å². The van der Waals surface area contributed by atoms with E-state index in [1.165, 1.54) is 0 Å². The molecule has 1 aromatic heterocycles. The van der Waals surface area contributed by atoms with E-state index in [0.29, 0.717) is 11.5 Å². The molecule has 0 saturated heterocycles. The molecule has 2 N–H and O–H groups in total. The summed E-state index contributed by atoms with van der Waals surface area (Å²) in [5, 5.41) is 10.4. The van der Waals surface area contributed by atoms with Gasteiger partial charge in [0.15, 0.2) is 0 Å². The Hall–Kier alpha value is -3.65. The summed E-state index contributed by atoms with van der Waals surface area (Å²) < 4.78 is 12.2. The first-order valence-corrected chi connectivity index (χ1v) is 10.3. The fourth-order valence-electron chi connectivity index (χ4n) is 3.86. The minimum Gasteiger partial charge on any atom is -0.497 e. The highest BCUT2D eigenvalue weighted by atomic mass is 16.5. The van der Waals surface area contributed by atoms with Gasteiger partial charge >= 0.3 is 0 Å². The van der Waals surface area contributed by atoms with E-state index in [9.17, 15) is 9.59 Å². The third-order valence-corrected chi connectivity index (χ3v) is 5.53. The maximum atomic E-state index is 12.8. The van der Waals surface area contributed by atoms with Gasteiger partial charge in [-0.15, -0.1) is 0 Å². The van der Waals surface area contributed by atoms with Crippen LogP contribution in [0.15, 0.2) is 42.5 Å². The van der Waals surface area contributed by atoms with Crippen LogP contribution in [0.1, 0.15) is 29.3 Å². The van der Waals surface area contributed by atoms with Crippen molar-refractivity contribution in [1.82, 2.24) is 9.78 Å². The zero-order valence-electron chi connectivity index (χ0n) is 18.6. The zero-order valence-corrected chi connectivity index (χ0v) is 18.6. The Morgan fingerprint density at radius 3 is 2.59 bits per heavy atom. The molecule has 3 aromatic rings. The van der Waals surface area contributed by atoms with E-state index in [2.05, 4.69) is 15.7 Å². The number of nitrogens with zero attached hydrogens (tertiary/aromatic N) is 2. The van der Waals surface area contributed by atoms with Gasteiger partial charge in [-0.1, -0.05) is 24.3 Å². The first-order chi connectivity index (χ1) is 15.4. The third-order valence-electron chi connectivity index (χ3n) is 5.53. The van der Waals surface area contributed by atoms with E-state index >= 15 is 0 Å². The smallest absolute Gasteiger partial charge is 0.251 e. The average Bonchev–Trinajstić information content (AvgIpc) is 3.26. The minimum atomic E-state index is -0.738. The lowest BCUT2D eigenvalue weighted by atomic mass is 10.1. The normalized spacial score (nSPS) is 14.8. The molecule has 32 heavy (non-hydrogen) atoms. The number of hydrogen-bond acceptors (Lipinski definition) is 5. The molecule has 0 fully saturated rings. The van der Waals surface area contributed by atoms with Crippen molar-refractivity contribution in [3.63, 3.8) is 0 Å². The molecule has 2 amide bonds. The van der Waals surface area contributed by atoms with Gasteiger partial charge in [0.25, 0.3) is 5.91 Å². The number of carbonyl (C=O) groups excluding carboxylic acids is 2. The first kappa shape index (κ1) is 21.6. The summed E-state index contributed by atoms with van der Waals surface area (Å²) in [6.45, 7) is 4.17. The summed E-state index contributed by atoms with van der Waals surface area (Å²) >= 11 is 0. The number of aryl methyl sites for hydroxylation is 2. The second kappa shape index (κ2) is 8.84. The number of amides is 2. The Kier molecular flexibility index (Phi) is 5.96. The van der Waals surface area contributed by atoms with Crippen molar-refractivity contribution in [2.24, 2.45) is 0 Å². The Morgan fingerprint density at radius 2 is 1.91 bits per heavy atom. The lowest BCUT2D eigenvalue weighted by molar-refractivity contribution is -0.123. The van der Waals surface area contributed by atoms with Gasteiger partial charge in [0.1, 0.15) is 17.6 Å². The van der Waals surface area contributed by atoms with Crippen LogP contribution in [-0.2, 0) is 20.9 Å². The number of methoxy groups -OCH3 is 2. The molecule has 4 rings (SSSR count). The van der Waals surface area contributed by atoms with Gasteiger partial charge in [-0.2, -0.15) is 5.10 Å². The summed E-state index contributed by atoms with van der Waals surface area (Å²) in [4.78, 5) is 25.5. The number of aromatic nitrogens is 2. The van der Waals surface area contributed by atoms with E-state index in [1.807, 2.05) is 56.3 Å². The molecule has 1 atom stereocenters. The number of rotatable bonds is 7. The van der Waals surface area contributed by atoms with Gasteiger partial charge in [0, 0.05) is 18.4 Å². The lowest BCUT2D eigenvalue weighted by Gasteiger charge is -2.12. The summed E-state index contributed by atoms with van der Waals surface area (Å²) in [7, 11) is 3.20. The minimum absolute atomic E-state index is 0.0254. The molecular weight excluding hydrogens is 408 g/mol. The summed E-state index contributed by atoms with van der Waals surface area (Å²) in [6, 6.07) is 12.6. The first-order valence-electron chi connectivity index (χ1n) is 10.3. The highest BCUT2D eigenvalue weighted by Crippen LogP contribution is 2.39. The van der Waals surface area contributed by atoms with Crippen LogP contribution in [0, 0.1) is 13.8 Å². The van der Waals surface area contributed by atoms with Gasteiger partial charge < -0.3 is 20.1 Å². The van der Waals surface area contributed by atoms with Crippen LogP contribution >= 0.6 is 0 Å². The van der Waals surface area contributed by atoms with Crippen molar-refractivity contribution >= 4 is 23.3 Å². The molecule has 2 aromatic carbocycles. The molecule has 0 radical (unpaired) electrons. The van der Waals surface area contributed by atoms with Crippen molar-refractivity contribution in [3.8, 4) is 16.9 Å². The Balaban J connectivity index is 1.62. The van der Waals surface area contributed by atoms with Gasteiger partial charge in [0.2, 0.25) is 5.91 Å². The number of benzene rings is 2. The van der Waals surface area contributed by atoms with Crippen molar-refractivity contribution < 1.29 is 19.1 Å². The molecule has 8 nitrogen and oxygen atoms in total. The number of nitrogens with one attached hydrogen (secondary N) is 2. The van der Waals surface area contributed by atoms with Crippen LogP contribution in [-0.4, -0.2) is 35.8 Å². The average molecular weight is 434 g/mol. The lowest BCUT2D eigenvalue weighted by Crippen LogP contribution is -2.24. The molecule has 0 bridgehead atoms. The van der Waals surface area contributed by atoms with Gasteiger partial charge in [-0.25, -0.2) is 4.68 Å². The van der Waals surface area contributed by atoms with Gasteiger partial charge in [0.05, 0.1) is 25.8 Å². The fraction of sp³-hybridized carbons (Fsp3) is 0.292. The van der Waals surface area contributed by atoms with Gasteiger partial charge in [-0.3, -0.25) is 9.59 Å². The molecule has 166 valence electrons. The van der Waals surface area contributed by atoms with Crippen LogP contribution in [0.3, 0.4) is 0 Å². The maximum absolute atomic E-state index is 12.8. The second-order valence-electron chi connectivity index (χ2n) is 7.85. The number of fused-ring (bicyclic) bond motifs is 1. The van der Waals surface area contributed by atoms with E-state index in [-0.39, 0.29) is 24.8 Å². The molecule has 1 unspecified atom stereocenters. The molecule has 0 saturated carbocycles. The molecule has 2 heterocycles. The quantitative estimate of drug-likeness (QED) is 0.589. The van der Waals surface area contributed by atoms with E-state index < -0.39 is 6.04 Å². The summed E-state index contributed by atoms with van der Waals surface area (Å²) in [5.74, 6) is 0.788. The largest absolute Gasteiger partial charge is 0.497 e. The summed E-state index contributed by atoms with van der Waals surface area (Å²) in [5.41, 5.74) is 5.09. The molecule has 1 aliphatic rings. The van der Waals surface area contributed by atoms with Crippen LogP contribution in [0.2, 0.25) is 0 Å². The summed E-state index contributed by atoms with van der Waals surface area (Å²) in [6.07, 6.45) is -0.0254. The highest BCUT2D eigenvalue weighted by Gasteiger charge is 2.37. The predicted molar refractivity (Wildman–Crippen MR) is 122 cm³/mol. The molecule has 0 spiro atoms. The van der Waals surface area contributed by atoms with E-state index in [4.69, 9.17) is 9.47 Å². The Labute approximate surface area is 186 Å². The predicted octanol–water partition coefficient (Wildman–Crippen LogP) is 3.84. The zero-order chi connectivity index (χ0) is 22.8. The molecule has 0 aliphatic carbocycles. The van der Waals surface area contributed by atoms with Crippen molar-refractivity contribution in [1.29, 1.82) is 0 Å². The van der Waals surface area contributed by atoms with E-state index in [1.54, 1.807) is 18.9 Å². The monoisotopic (exact) mass is 434 g/mol. The number of carbonyl (C=O) groups is 2. The van der Waals surface area contributed by atoms with Crippen LogP contribution in [0.4, 0.5) is 11.5 Å². The Morgan fingerprint density at radius 1 is 1.16 bits per heavy atom. The standard InChI is InChI=1S/C24H26N4O4/c1-14-5-6-15(2)18(11-14)25-21(29)12-20-24(30)26-23-22(19(13-31-3)27-28(20)23)16-7-9-17(32-4)10-8-16/h5-11,20H,12-13H2,1-4H3,(H,25,29)(H,26,30). The molecular formula is C24H26N4O4. The van der Waals surface area contributed by atoms with Crippen molar-refractivity contribution in [2.45, 2.75) is 32.9 Å². The number of ether oxygens (including phenoxy) is 2. The number of anilines is 2. The highest BCUT2D eigenvalue weighted by molar-refractivity contribution is 6.04. The second-order valence-corrected chi connectivity index (χ2v) is 7.85. The van der Waals surface area contributed by atoms with Crippen molar-refractivity contribution in [2.75, 3.05) is 24.9 Å². The SMILES string of the molecule is COCc1nn2c(c1-c1ccc(OC)cc1)NC(=O)C2CC(=O)Nc1cc(C)ccc1C. The van der Waals surface area contributed by atoms with E-state index in [0.717, 1.165) is 33.7 Å². The molecule has 8 heteroatoms. The fourth-order valence-corrected chi connectivity index (χ4v) is 3.86. The molecule has 1 aliphatic heterocycles. The van der Waals surface area contributed by atoms with Crippen LogP contribution < -0.4 is 15.4 Å². The van der Waals surface area contributed by atoms with Crippen molar-refractivity contribution in [3.05, 3.63) is 59.3 Å². The van der Waals surface area contributed by atoms with Crippen LogP contribution in [0.25, 0.3) is 11.1 Å². The third kappa shape index (κ3) is 4.09. The maximum Gasteiger partial charge on any atom is 0.251 e. The number of hydrogen-bond donors (Lipinski definition) is 2.